The van der Waals surface area contributed by atoms with Gasteiger partial charge in [-0.25, -0.2) is 0 Å². The zero-order valence-corrected chi connectivity index (χ0v) is 13.6. The van der Waals surface area contributed by atoms with Crippen LogP contribution in [0.25, 0.3) is 0 Å². The van der Waals surface area contributed by atoms with Crippen molar-refractivity contribution in [3.63, 3.8) is 0 Å². The van der Waals surface area contributed by atoms with Crippen LogP contribution in [0.15, 0.2) is 24.3 Å². The maximum absolute atomic E-state index is 12.0. The lowest BCUT2D eigenvalue weighted by molar-refractivity contribution is -0.123. The van der Waals surface area contributed by atoms with Crippen LogP contribution >= 0.6 is 0 Å². The Hall–Kier alpha value is -1.39. The number of carbonyl (C=O) groups is 1. The zero-order valence-electron chi connectivity index (χ0n) is 13.6. The van der Waals surface area contributed by atoms with Gasteiger partial charge in [-0.15, -0.1) is 0 Å². The molecule has 0 aliphatic rings. The van der Waals surface area contributed by atoms with Gasteiger partial charge in [0.2, 0.25) is 5.91 Å². The van der Waals surface area contributed by atoms with Crippen molar-refractivity contribution in [2.75, 3.05) is 13.7 Å². The molecule has 0 heterocycles. The first-order chi connectivity index (χ1) is 9.93. The summed E-state index contributed by atoms with van der Waals surface area (Å²) in [4.78, 5) is 12.0. The quantitative estimate of drug-likeness (QED) is 0.773. The van der Waals surface area contributed by atoms with E-state index in [1.165, 1.54) is 5.56 Å². The Kier molecular flexibility index (Phi) is 7.40. The molecule has 3 N–H and O–H groups in total. The average molecular weight is 292 g/mol. The van der Waals surface area contributed by atoms with Crippen molar-refractivity contribution in [3.05, 3.63) is 35.4 Å². The van der Waals surface area contributed by atoms with Crippen LogP contribution in [-0.2, 0) is 16.0 Å². The predicted octanol–water partition coefficient (Wildman–Crippen LogP) is 2.43. The summed E-state index contributed by atoms with van der Waals surface area (Å²) < 4.78 is 4.94. The Balaban J connectivity index is 2.54. The maximum Gasteiger partial charge on any atom is 0.237 e. The molecule has 2 unspecified atom stereocenters. The van der Waals surface area contributed by atoms with Crippen molar-refractivity contribution in [1.82, 2.24) is 5.32 Å². The predicted molar refractivity (Wildman–Crippen MR) is 86.0 cm³/mol. The van der Waals surface area contributed by atoms with Crippen molar-refractivity contribution in [1.29, 1.82) is 0 Å². The summed E-state index contributed by atoms with van der Waals surface area (Å²) in [5.74, 6) is 0.512. The molecule has 4 heteroatoms. The third-order valence-electron chi connectivity index (χ3n) is 3.45. The highest BCUT2D eigenvalue weighted by Gasteiger charge is 2.16. The topological polar surface area (TPSA) is 64.3 Å². The van der Waals surface area contributed by atoms with Crippen molar-refractivity contribution in [3.8, 4) is 0 Å². The van der Waals surface area contributed by atoms with Crippen LogP contribution in [0.3, 0.4) is 0 Å². The molecule has 0 bridgehead atoms. The van der Waals surface area contributed by atoms with Crippen LogP contribution in [0.2, 0.25) is 0 Å². The van der Waals surface area contributed by atoms with Gasteiger partial charge in [-0.2, -0.15) is 0 Å². The monoisotopic (exact) mass is 292 g/mol. The van der Waals surface area contributed by atoms with Crippen molar-refractivity contribution in [2.24, 2.45) is 11.7 Å². The first-order valence-electron chi connectivity index (χ1n) is 7.57. The van der Waals surface area contributed by atoms with Gasteiger partial charge in [0, 0.05) is 13.7 Å². The van der Waals surface area contributed by atoms with E-state index in [0.717, 1.165) is 12.0 Å². The lowest BCUT2D eigenvalue weighted by Crippen LogP contribution is -2.42. The number of rotatable bonds is 8. The van der Waals surface area contributed by atoms with E-state index in [1.807, 2.05) is 6.92 Å². The normalized spacial score (nSPS) is 14.0. The molecule has 1 amide bonds. The SMILES string of the molecule is COCCC(N)C(=O)NC(C)c1ccc(CC(C)C)cc1. The zero-order chi connectivity index (χ0) is 15.8. The smallest absolute Gasteiger partial charge is 0.237 e. The van der Waals surface area contributed by atoms with Gasteiger partial charge < -0.3 is 15.8 Å². The number of hydrogen-bond donors (Lipinski definition) is 2. The molecule has 0 fully saturated rings. The third kappa shape index (κ3) is 6.27. The molecule has 2 atom stereocenters. The van der Waals surface area contributed by atoms with Crippen LogP contribution in [0.1, 0.15) is 44.4 Å². The molecule has 0 aromatic heterocycles. The van der Waals surface area contributed by atoms with Crippen LogP contribution in [0.4, 0.5) is 0 Å². The largest absolute Gasteiger partial charge is 0.385 e. The van der Waals surface area contributed by atoms with E-state index in [9.17, 15) is 4.79 Å². The first-order valence-corrected chi connectivity index (χ1v) is 7.57. The molecule has 0 saturated heterocycles. The second-order valence-corrected chi connectivity index (χ2v) is 5.96. The number of methoxy groups -OCH3 is 1. The van der Waals surface area contributed by atoms with Gasteiger partial charge in [0.25, 0.3) is 0 Å². The Morgan fingerprint density at radius 3 is 2.38 bits per heavy atom. The Bertz CT molecular complexity index is 429. The van der Waals surface area contributed by atoms with E-state index in [1.54, 1.807) is 7.11 Å². The highest BCUT2D eigenvalue weighted by atomic mass is 16.5. The molecule has 21 heavy (non-hydrogen) atoms. The Morgan fingerprint density at radius 2 is 1.86 bits per heavy atom. The molecule has 0 aliphatic carbocycles. The van der Waals surface area contributed by atoms with Crippen LogP contribution in [-0.4, -0.2) is 25.7 Å². The minimum absolute atomic E-state index is 0.0424. The fourth-order valence-electron chi connectivity index (χ4n) is 2.19. The Labute approximate surface area is 128 Å². The minimum Gasteiger partial charge on any atom is -0.385 e. The van der Waals surface area contributed by atoms with E-state index < -0.39 is 6.04 Å². The number of nitrogens with two attached hydrogens (primary N) is 1. The van der Waals surface area contributed by atoms with Crippen LogP contribution in [0, 0.1) is 5.92 Å². The number of hydrogen-bond acceptors (Lipinski definition) is 3. The van der Waals surface area contributed by atoms with Gasteiger partial charge in [-0.05, 0) is 36.8 Å². The minimum atomic E-state index is -0.521. The molecule has 0 spiro atoms. The molecule has 1 rings (SSSR count). The molecule has 118 valence electrons. The molecule has 1 aromatic rings. The Morgan fingerprint density at radius 1 is 1.24 bits per heavy atom. The summed E-state index contributed by atoms with van der Waals surface area (Å²) >= 11 is 0. The van der Waals surface area contributed by atoms with Gasteiger partial charge in [0.05, 0.1) is 12.1 Å². The fraction of sp³-hybridized carbons (Fsp3) is 0.588. The second-order valence-electron chi connectivity index (χ2n) is 5.96. The lowest BCUT2D eigenvalue weighted by Gasteiger charge is -2.18. The summed E-state index contributed by atoms with van der Waals surface area (Å²) in [5.41, 5.74) is 8.23. The van der Waals surface area contributed by atoms with E-state index in [2.05, 4.69) is 43.4 Å². The first kappa shape index (κ1) is 17.7. The molecular formula is C17H28N2O2. The van der Waals surface area contributed by atoms with E-state index >= 15 is 0 Å². The molecule has 0 aliphatic heterocycles. The molecule has 0 saturated carbocycles. The molecule has 4 nitrogen and oxygen atoms in total. The highest BCUT2D eigenvalue weighted by Crippen LogP contribution is 2.15. The standard InChI is InChI=1S/C17H28N2O2/c1-12(2)11-14-5-7-15(8-6-14)13(3)19-17(20)16(18)9-10-21-4/h5-8,12-13,16H,9-11,18H2,1-4H3,(H,19,20). The fourth-order valence-corrected chi connectivity index (χ4v) is 2.19. The van der Waals surface area contributed by atoms with Crippen molar-refractivity contribution in [2.45, 2.75) is 45.7 Å². The van der Waals surface area contributed by atoms with Crippen molar-refractivity contribution < 1.29 is 9.53 Å². The number of benzene rings is 1. The van der Waals surface area contributed by atoms with E-state index in [-0.39, 0.29) is 11.9 Å². The summed E-state index contributed by atoms with van der Waals surface area (Å²) in [6.07, 6.45) is 1.60. The summed E-state index contributed by atoms with van der Waals surface area (Å²) in [6.45, 7) is 6.88. The average Bonchev–Trinajstić information content (AvgIpc) is 2.44. The van der Waals surface area contributed by atoms with Crippen LogP contribution in [0.5, 0.6) is 0 Å². The van der Waals surface area contributed by atoms with Gasteiger partial charge in [-0.1, -0.05) is 38.1 Å². The molecule has 1 aromatic carbocycles. The number of nitrogens with one attached hydrogen (secondary N) is 1. The molecular weight excluding hydrogens is 264 g/mol. The third-order valence-corrected chi connectivity index (χ3v) is 3.45. The number of amides is 1. The second kappa shape index (κ2) is 8.80. The summed E-state index contributed by atoms with van der Waals surface area (Å²) in [7, 11) is 1.60. The number of carbonyl (C=O) groups excluding carboxylic acids is 1. The summed E-state index contributed by atoms with van der Waals surface area (Å²) in [6, 6.07) is 7.84. The number of ether oxygens (including phenoxy) is 1. The van der Waals surface area contributed by atoms with Crippen LogP contribution < -0.4 is 11.1 Å². The van der Waals surface area contributed by atoms with Gasteiger partial charge >= 0.3 is 0 Å². The van der Waals surface area contributed by atoms with Crippen molar-refractivity contribution >= 4 is 5.91 Å². The van der Waals surface area contributed by atoms with Gasteiger partial charge in [0.15, 0.2) is 0 Å². The van der Waals surface area contributed by atoms with Gasteiger partial charge in [-0.3, -0.25) is 4.79 Å². The molecule has 0 radical (unpaired) electrons. The van der Waals surface area contributed by atoms with E-state index in [0.29, 0.717) is 18.9 Å². The van der Waals surface area contributed by atoms with E-state index in [4.69, 9.17) is 10.5 Å². The highest BCUT2D eigenvalue weighted by molar-refractivity contribution is 5.81. The maximum atomic E-state index is 12.0. The summed E-state index contributed by atoms with van der Waals surface area (Å²) in [5, 5.41) is 2.95. The lowest BCUT2D eigenvalue weighted by atomic mass is 10.00. The van der Waals surface area contributed by atoms with Gasteiger partial charge in [0.1, 0.15) is 0 Å².